The minimum absolute atomic E-state index is 0. The van der Waals surface area contributed by atoms with Gasteiger partial charge >= 0.3 is 6.18 Å². The maximum Gasteiger partial charge on any atom is 0.391 e. The van der Waals surface area contributed by atoms with E-state index >= 15 is 0 Å². The Morgan fingerprint density at radius 2 is 1.90 bits per heavy atom. The molecule has 3 nitrogen and oxygen atoms in total. The summed E-state index contributed by atoms with van der Waals surface area (Å²) in [5.41, 5.74) is 0. The van der Waals surface area contributed by atoms with Gasteiger partial charge < -0.3 is 5.32 Å². The fraction of sp³-hybridized carbons (Fsp3) is 0.917. The Morgan fingerprint density at radius 3 is 2.43 bits per heavy atom. The van der Waals surface area contributed by atoms with Gasteiger partial charge in [0.2, 0.25) is 5.91 Å². The molecule has 2 aliphatic rings. The molecule has 9 heteroatoms. The highest BCUT2D eigenvalue weighted by atomic mass is 35.5. The van der Waals surface area contributed by atoms with E-state index in [4.69, 9.17) is 0 Å². The van der Waals surface area contributed by atoms with Crippen molar-refractivity contribution in [2.45, 2.75) is 56.3 Å². The SMILES string of the molecule is Cl.O=C(NC1CCCC(C(F)(F)F)C1)C1CC(F)(F)CN1. The molecule has 0 radical (unpaired) electrons. The summed E-state index contributed by atoms with van der Waals surface area (Å²) in [6, 6.07) is -1.60. The largest absolute Gasteiger partial charge is 0.391 e. The average molecular weight is 337 g/mol. The van der Waals surface area contributed by atoms with E-state index in [0.29, 0.717) is 12.8 Å². The maximum absolute atomic E-state index is 13.0. The van der Waals surface area contributed by atoms with Crippen molar-refractivity contribution in [3.8, 4) is 0 Å². The zero-order valence-corrected chi connectivity index (χ0v) is 12.0. The molecule has 21 heavy (non-hydrogen) atoms. The summed E-state index contributed by atoms with van der Waals surface area (Å²) in [6.07, 6.45) is -4.13. The molecule has 1 aliphatic carbocycles. The third-order valence-corrected chi connectivity index (χ3v) is 3.91. The molecule has 1 heterocycles. The van der Waals surface area contributed by atoms with Crippen LogP contribution in [0, 0.1) is 5.92 Å². The number of hydrogen-bond donors (Lipinski definition) is 2. The molecule has 0 aromatic carbocycles. The van der Waals surface area contributed by atoms with Crippen LogP contribution in [0.1, 0.15) is 32.1 Å². The average Bonchev–Trinajstić information content (AvgIpc) is 2.69. The van der Waals surface area contributed by atoms with Crippen LogP contribution in [0.5, 0.6) is 0 Å². The molecule has 0 aromatic heterocycles. The second kappa shape index (κ2) is 6.64. The predicted molar refractivity (Wildman–Crippen MR) is 68.5 cm³/mol. The first-order valence-corrected chi connectivity index (χ1v) is 6.66. The Hall–Kier alpha value is -0.630. The minimum atomic E-state index is -4.26. The lowest BCUT2D eigenvalue weighted by Gasteiger charge is -2.31. The van der Waals surface area contributed by atoms with Crippen LogP contribution >= 0.6 is 12.4 Å². The van der Waals surface area contributed by atoms with Crippen molar-refractivity contribution in [2.24, 2.45) is 5.92 Å². The molecule has 124 valence electrons. The van der Waals surface area contributed by atoms with Gasteiger partial charge in [-0.05, 0) is 19.3 Å². The zero-order chi connectivity index (χ0) is 15.0. The first kappa shape index (κ1) is 18.4. The van der Waals surface area contributed by atoms with Crippen LogP contribution in [0.3, 0.4) is 0 Å². The molecule has 0 aromatic rings. The van der Waals surface area contributed by atoms with Crippen molar-refractivity contribution in [1.82, 2.24) is 10.6 Å². The quantitative estimate of drug-likeness (QED) is 0.761. The Morgan fingerprint density at radius 1 is 1.24 bits per heavy atom. The summed E-state index contributed by atoms with van der Waals surface area (Å²) in [5, 5.41) is 4.86. The third-order valence-electron chi connectivity index (χ3n) is 3.91. The number of carbonyl (C=O) groups is 1. The molecular weight excluding hydrogens is 319 g/mol. The van der Waals surface area contributed by atoms with Crippen LogP contribution in [0.4, 0.5) is 22.0 Å². The Kier molecular flexibility index (Phi) is 5.83. The molecule has 0 spiro atoms. The monoisotopic (exact) mass is 336 g/mol. The second-order valence-corrected chi connectivity index (χ2v) is 5.60. The van der Waals surface area contributed by atoms with Gasteiger partial charge in [-0.2, -0.15) is 13.2 Å². The Labute approximate surface area is 125 Å². The summed E-state index contributed by atoms with van der Waals surface area (Å²) in [7, 11) is 0. The van der Waals surface area contributed by atoms with E-state index in [9.17, 15) is 26.7 Å². The van der Waals surface area contributed by atoms with Crippen molar-refractivity contribution >= 4 is 18.3 Å². The van der Waals surface area contributed by atoms with Crippen LogP contribution in [0.25, 0.3) is 0 Å². The molecule has 1 saturated carbocycles. The fourth-order valence-electron chi connectivity index (χ4n) is 2.82. The zero-order valence-electron chi connectivity index (χ0n) is 11.2. The number of halogens is 6. The summed E-state index contributed by atoms with van der Waals surface area (Å²) in [4.78, 5) is 11.8. The van der Waals surface area contributed by atoms with E-state index in [-0.39, 0.29) is 25.2 Å². The lowest BCUT2D eigenvalue weighted by atomic mass is 9.85. The normalized spacial score (nSPS) is 32.3. The third kappa shape index (κ3) is 4.95. The minimum Gasteiger partial charge on any atom is -0.352 e. The van der Waals surface area contributed by atoms with Crippen molar-refractivity contribution in [1.29, 1.82) is 0 Å². The molecule has 1 saturated heterocycles. The van der Waals surface area contributed by atoms with Crippen LogP contribution in [0.15, 0.2) is 0 Å². The number of carbonyl (C=O) groups excluding carboxylic acids is 1. The molecule has 1 amide bonds. The standard InChI is InChI=1S/C12H17F5N2O.ClH/c13-11(14)5-9(18-6-11)10(20)19-8-3-1-2-7(4-8)12(15,16)17;/h7-9,18H,1-6H2,(H,19,20);1H. The van der Waals surface area contributed by atoms with Crippen molar-refractivity contribution in [3.63, 3.8) is 0 Å². The van der Waals surface area contributed by atoms with Gasteiger partial charge in [-0.3, -0.25) is 10.1 Å². The van der Waals surface area contributed by atoms with E-state index in [2.05, 4.69) is 10.6 Å². The van der Waals surface area contributed by atoms with Gasteiger partial charge in [-0.25, -0.2) is 8.78 Å². The highest BCUT2D eigenvalue weighted by Gasteiger charge is 2.45. The second-order valence-electron chi connectivity index (χ2n) is 5.60. The Bertz CT molecular complexity index is 377. The molecule has 2 N–H and O–H groups in total. The lowest BCUT2D eigenvalue weighted by Crippen LogP contribution is -2.47. The number of amides is 1. The highest BCUT2D eigenvalue weighted by Crippen LogP contribution is 2.37. The fourth-order valence-corrected chi connectivity index (χ4v) is 2.82. The van der Waals surface area contributed by atoms with E-state index in [1.807, 2.05) is 0 Å². The van der Waals surface area contributed by atoms with Crippen LogP contribution in [-0.4, -0.2) is 36.6 Å². The first-order chi connectivity index (χ1) is 9.17. The number of hydrogen-bond acceptors (Lipinski definition) is 2. The highest BCUT2D eigenvalue weighted by molar-refractivity contribution is 5.85. The van der Waals surface area contributed by atoms with Crippen LogP contribution in [-0.2, 0) is 4.79 Å². The van der Waals surface area contributed by atoms with Crippen LogP contribution < -0.4 is 10.6 Å². The summed E-state index contributed by atoms with van der Waals surface area (Å²) >= 11 is 0. The number of rotatable bonds is 2. The molecule has 1 aliphatic heterocycles. The summed E-state index contributed by atoms with van der Waals surface area (Å²) < 4.78 is 63.8. The van der Waals surface area contributed by atoms with Gasteiger partial charge in [0.25, 0.3) is 5.92 Å². The van der Waals surface area contributed by atoms with E-state index in [1.54, 1.807) is 0 Å². The van der Waals surface area contributed by atoms with E-state index in [0.717, 1.165) is 0 Å². The van der Waals surface area contributed by atoms with Gasteiger partial charge in [0.15, 0.2) is 0 Å². The lowest BCUT2D eigenvalue weighted by molar-refractivity contribution is -0.184. The van der Waals surface area contributed by atoms with E-state index in [1.165, 1.54) is 0 Å². The van der Waals surface area contributed by atoms with Gasteiger partial charge in [-0.15, -0.1) is 12.4 Å². The Balaban J connectivity index is 0.00000220. The topological polar surface area (TPSA) is 41.1 Å². The summed E-state index contributed by atoms with van der Waals surface area (Å²) in [5.74, 6) is -4.97. The predicted octanol–water partition coefficient (Wildman–Crippen LogP) is 2.64. The van der Waals surface area contributed by atoms with Gasteiger partial charge in [0, 0.05) is 12.5 Å². The molecule has 3 atom stereocenters. The van der Waals surface area contributed by atoms with Gasteiger partial charge in [-0.1, -0.05) is 6.42 Å². The molecule has 2 fully saturated rings. The molecule has 0 bridgehead atoms. The van der Waals surface area contributed by atoms with Gasteiger partial charge in [0.1, 0.15) is 0 Å². The molecule has 2 rings (SSSR count). The maximum atomic E-state index is 13.0. The van der Waals surface area contributed by atoms with E-state index < -0.39 is 49.0 Å². The summed E-state index contributed by atoms with van der Waals surface area (Å²) in [6.45, 7) is -0.569. The number of nitrogens with one attached hydrogen (secondary N) is 2. The van der Waals surface area contributed by atoms with Crippen molar-refractivity contribution in [2.75, 3.05) is 6.54 Å². The molecule has 3 unspecified atom stereocenters. The smallest absolute Gasteiger partial charge is 0.352 e. The first-order valence-electron chi connectivity index (χ1n) is 6.66. The van der Waals surface area contributed by atoms with Crippen molar-refractivity contribution < 1.29 is 26.7 Å². The van der Waals surface area contributed by atoms with Crippen molar-refractivity contribution in [3.05, 3.63) is 0 Å². The van der Waals surface area contributed by atoms with Gasteiger partial charge in [0.05, 0.1) is 18.5 Å². The molecular formula is C12H18ClF5N2O. The number of alkyl halides is 5. The van der Waals surface area contributed by atoms with Crippen LogP contribution in [0.2, 0.25) is 0 Å².